The lowest BCUT2D eigenvalue weighted by atomic mass is 9.93. The van der Waals surface area contributed by atoms with Crippen LogP contribution in [-0.2, 0) is 10.0 Å². The Labute approximate surface area is 123 Å². The summed E-state index contributed by atoms with van der Waals surface area (Å²) in [5, 5.41) is 0.0911. The summed E-state index contributed by atoms with van der Waals surface area (Å²) >= 11 is 6.06. The van der Waals surface area contributed by atoms with E-state index in [1.807, 2.05) is 0 Å². The minimum Gasteiger partial charge on any atom is -0.288 e. The highest BCUT2D eigenvalue weighted by Gasteiger charge is 2.39. The number of imidazole rings is 1. The van der Waals surface area contributed by atoms with E-state index in [0.29, 0.717) is 18.7 Å². The Balaban J connectivity index is 2.13. The molecule has 5 nitrogen and oxygen atoms in total. The van der Waals surface area contributed by atoms with Gasteiger partial charge in [0.2, 0.25) is 0 Å². The largest absolute Gasteiger partial charge is 0.288 e. The maximum atomic E-state index is 12.8. The van der Waals surface area contributed by atoms with Crippen molar-refractivity contribution in [3.63, 3.8) is 0 Å². The molecule has 0 unspecified atom stereocenters. The molecule has 0 spiro atoms. The summed E-state index contributed by atoms with van der Waals surface area (Å²) in [5.74, 6) is 0. The molecular formula is C13H16ClN3O2S. The van der Waals surface area contributed by atoms with Crippen LogP contribution in [0.4, 0.5) is 0 Å². The third kappa shape index (κ3) is 2.12. The molecule has 0 N–H and O–H groups in total. The zero-order valence-electron chi connectivity index (χ0n) is 11.4. The van der Waals surface area contributed by atoms with E-state index in [9.17, 15) is 8.42 Å². The molecule has 1 fully saturated rings. The number of hydrogen-bond acceptors (Lipinski definition) is 3. The lowest BCUT2D eigenvalue weighted by Gasteiger charge is -2.19. The molecule has 0 aromatic carbocycles. The Morgan fingerprint density at radius 3 is 2.75 bits per heavy atom. The van der Waals surface area contributed by atoms with E-state index in [0.717, 1.165) is 6.42 Å². The predicted octanol–water partition coefficient (Wildman–Crippen LogP) is 2.41. The fourth-order valence-electron chi connectivity index (χ4n) is 2.57. The van der Waals surface area contributed by atoms with Gasteiger partial charge in [-0.05, 0) is 24.0 Å². The van der Waals surface area contributed by atoms with Crippen LogP contribution in [0.3, 0.4) is 0 Å². The van der Waals surface area contributed by atoms with Gasteiger partial charge in [-0.15, -0.1) is 0 Å². The van der Waals surface area contributed by atoms with E-state index >= 15 is 0 Å². The summed E-state index contributed by atoms with van der Waals surface area (Å²) in [6.07, 6.45) is 2.52. The van der Waals surface area contributed by atoms with Gasteiger partial charge in [-0.25, -0.2) is 13.4 Å². The van der Waals surface area contributed by atoms with Crippen molar-refractivity contribution >= 4 is 27.3 Å². The lowest BCUT2D eigenvalue weighted by Crippen LogP contribution is -2.31. The van der Waals surface area contributed by atoms with E-state index in [2.05, 4.69) is 18.8 Å². The summed E-state index contributed by atoms with van der Waals surface area (Å²) < 4.78 is 28.6. The number of rotatable bonds is 2. The highest BCUT2D eigenvalue weighted by Crippen LogP contribution is 2.34. The van der Waals surface area contributed by atoms with Gasteiger partial charge in [0.25, 0.3) is 10.0 Å². The van der Waals surface area contributed by atoms with Crippen molar-refractivity contribution in [3.8, 4) is 0 Å². The van der Waals surface area contributed by atoms with Gasteiger partial charge in [0.05, 0.1) is 0 Å². The average Bonchev–Trinajstić information content (AvgIpc) is 2.88. The molecule has 1 aliphatic rings. The second-order valence-corrected chi connectivity index (χ2v) is 8.10. The first-order chi connectivity index (χ1) is 9.31. The molecule has 0 amide bonds. The number of nitrogens with zero attached hydrogens (tertiary/aromatic N) is 3. The topological polar surface area (TPSA) is 54.7 Å². The van der Waals surface area contributed by atoms with E-state index in [-0.39, 0.29) is 15.6 Å². The van der Waals surface area contributed by atoms with Crippen molar-refractivity contribution in [2.75, 3.05) is 13.1 Å². The van der Waals surface area contributed by atoms with Gasteiger partial charge >= 0.3 is 0 Å². The molecule has 0 saturated carbocycles. The Hall–Kier alpha value is -1.11. The summed E-state index contributed by atoms with van der Waals surface area (Å²) in [5.41, 5.74) is 0.537. The van der Waals surface area contributed by atoms with Crippen molar-refractivity contribution in [1.82, 2.24) is 13.7 Å². The molecule has 0 aliphatic carbocycles. The van der Waals surface area contributed by atoms with Crippen molar-refractivity contribution in [3.05, 3.63) is 29.5 Å². The van der Waals surface area contributed by atoms with E-state index in [1.54, 1.807) is 24.4 Å². The number of fused-ring (bicyclic) bond motifs is 1. The zero-order chi connectivity index (χ0) is 14.5. The monoisotopic (exact) mass is 313 g/mol. The van der Waals surface area contributed by atoms with Crippen molar-refractivity contribution in [2.45, 2.75) is 25.3 Å². The highest BCUT2D eigenvalue weighted by atomic mass is 35.5. The molecule has 7 heteroatoms. The van der Waals surface area contributed by atoms with Crippen LogP contribution in [0.1, 0.15) is 20.3 Å². The van der Waals surface area contributed by atoms with Gasteiger partial charge in [0.1, 0.15) is 5.65 Å². The summed E-state index contributed by atoms with van der Waals surface area (Å²) in [7, 11) is -3.62. The second-order valence-electron chi connectivity index (χ2n) is 5.89. The Kier molecular flexibility index (Phi) is 3.08. The van der Waals surface area contributed by atoms with Gasteiger partial charge in [-0.3, -0.25) is 4.40 Å². The van der Waals surface area contributed by atoms with Crippen molar-refractivity contribution in [2.24, 2.45) is 5.41 Å². The van der Waals surface area contributed by atoms with Gasteiger partial charge in [0, 0.05) is 19.3 Å². The third-order valence-electron chi connectivity index (χ3n) is 3.67. The molecule has 2 aromatic heterocycles. The average molecular weight is 314 g/mol. The molecule has 3 heterocycles. The molecule has 0 bridgehead atoms. The number of halogens is 1. The van der Waals surface area contributed by atoms with Crippen molar-refractivity contribution in [1.29, 1.82) is 0 Å². The van der Waals surface area contributed by atoms with Crippen LogP contribution in [0, 0.1) is 5.41 Å². The number of hydrogen-bond donors (Lipinski definition) is 0. The first-order valence-electron chi connectivity index (χ1n) is 6.44. The number of sulfonamides is 1. The van der Waals surface area contributed by atoms with Gasteiger partial charge < -0.3 is 0 Å². The third-order valence-corrected chi connectivity index (χ3v) is 5.92. The molecule has 3 rings (SSSR count). The molecular weight excluding hydrogens is 298 g/mol. The molecule has 108 valence electrons. The summed E-state index contributed by atoms with van der Waals surface area (Å²) in [6, 6.07) is 5.30. The highest BCUT2D eigenvalue weighted by molar-refractivity contribution is 7.89. The van der Waals surface area contributed by atoms with E-state index in [1.165, 1.54) is 8.71 Å². The zero-order valence-corrected chi connectivity index (χ0v) is 12.9. The van der Waals surface area contributed by atoms with Crippen LogP contribution in [0.2, 0.25) is 5.15 Å². The quantitative estimate of drug-likeness (QED) is 0.855. The van der Waals surface area contributed by atoms with Crippen LogP contribution in [0.5, 0.6) is 0 Å². The first kappa shape index (κ1) is 13.9. The number of pyridine rings is 1. The van der Waals surface area contributed by atoms with Crippen LogP contribution in [0.15, 0.2) is 29.4 Å². The van der Waals surface area contributed by atoms with E-state index in [4.69, 9.17) is 11.6 Å². The Morgan fingerprint density at radius 2 is 2.10 bits per heavy atom. The second kappa shape index (κ2) is 4.44. The summed E-state index contributed by atoms with van der Waals surface area (Å²) in [4.78, 5) is 4.11. The Morgan fingerprint density at radius 1 is 1.35 bits per heavy atom. The molecule has 2 aromatic rings. The molecule has 20 heavy (non-hydrogen) atoms. The van der Waals surface area contributed by atoms with Crippen LogP contribution >= 0.6 is 11.6 Å². The van der Waals surface area contributed by atoms with Crippen LogP contribution in [0.25, 0.3) is 5.65 Å². The number of aromatic nitrogens is 2. The first-order valence-corrected chi connectivity index (χ1v) is 8.26. The van der Waals surface area contributed by atoms with Gasteiger partial charge in [0.15, 0.2) is 10.2 Å². The lowest BCUT2D eigenvalue weighted by molar-refractivity contribution is 0.375. The van der Waals surface area contributed by atoms with E-state index < -0.39 is 10.0 Å². The van der Waals surface area contributed by atoms with Gasteiger partial charge in [-0.1, -0.05) is 31.5 Å². The smallest absolute Gasteiger partial charge is 0.262 e. The molecule has 0 atom stereocenters. The minimum atomic E-state index is -3.62. The maximum Gasteiger partial charge on any atom is 0.262 e. The van der Waals surface area contributed by atoms with Gasteiger partial charge in [-0.2, -0.15) is 4.31 Å². The maximum absolute atomic E-state index is 12.8. The normalized spacial score (nSPS) is 19.8. The standard InChI is InChI=1S/C13H16ClN3O2S/c1-13(2)6-8-16(9-13)20(18,19)12-11(14)15-10-5-3-4-7-17(10)12/h3-5,7H,6,8-9H2,1-2H3. The van der Waals surface area contributed by atoms with Crippen molar-refractivity contribution < 1.29 is 8.42 Å². The molecule has 1 aliphatic heterocycles. The molecule has 1 saturated heterocycles. The SMILES string of the molecule is CC1(C)CCN(S(=O)(=O)c2c(Cl)nc3ccccn23)C1. The minimum absolute atomic E-state index is 0.0000376. The fourth-order valence-corrected chi connectivity index (χ4v) is 4.79. The summed E-state index contributed by atoms with van der Waals surface area (Å²) in [6.45, 7) is 5.16. The van der Waals surface area contributed by atoms with Crippen LogP contribution in [-0.4, -0.2) is 35.2 Å². The Bertz CT molecular complexity index is 767. The fraction of sp³-hybridized carbons (Fsp3) is 0.462. The van der Waals surface area contributed by atoms with Crippen LogP contribution < -0.4 is 0 Å². The molecule has 0 radical (unpaired) electrons. The predicted molar refractivity (Wildman–Crippen MR) is 77.4 cm³/mol.